The molecule has 7 nitrogen and oxygen atoms in total. The molecule has 2 aromatic heterocycles. The summed E-state index contributed by atoms with van der Waals surface area (Å²) in [7, 11) is 0. The predicted octanol–water partition coefficient (Wildman–Crippen LogP) is 1.56. The van der Waals surface area contributed by atoms with Crippen molar-refractivity contribution in [2.75, 3.05) is 49.2 Å². The highest BCUT2D eigenvalue weighted by Gasteiger charge is 2.25. The number of piperidine rings is 1. The molecule has 2 saturated heterocycles. The van der Waals surface area contributed by atoms with Crippen molar-refractivity contribution in [2.45, 2.75) is 18.8 Å². The molecule has 0 saturated carbocycles. The molecular weight excluding hydrogens is 311 g/mol. The van der Waals surface area contributed by atoms with Crippen LogP contribution in [0.4, 0.5) is 16.2 Å². The van der Waals surface area contributed by atoms with E-state index in [9.17, 15) is 4.39 Å². The number of halogens is 1. The highest BCUT2D eigenvalue weighted by atomic mass is 19.1. The third kappa shape index (κ3) is 3.06. The van der Waals surface area contributed by atoms with Crippen molar-refractivity contribution in [3.05, 3.63) is 30.0 Å². The summed E-state index contributed by atoms with van der Waals surface area (Å²) in [5, 5.41) is 7.09. The SMILES string of the molecule is Fc1cnc(N2CCC[C@@H](c3ccn[nH]3)C2)nc1N1CCOCC1. The van der Waals surface area contributed by atoms with Crippen LogP contribution in [-0.2, 0) is 4.74 Å². The number of nitrogens with zero attached hydrogens (tertiary/aromatic N) is 5. The minimum atomic E-state index is -0.372. The molecule has 0 radical (unpaired) electrons. The van der Waals surface area contributed by atoms with Crippen LogP contribution in [0.2, 0.25) is 0 Å². The summed E-state index contributed by atoms with van der Waals surface area (Å²) in [5.41, 5.74) is 1.13. The maximum atomic E-state index is 14.2. The first-order chi connectivity index (χ1) is 11.8. The summed E-state index contributed by atoms with van der Waals surface area (Å²) in [6, 6.07) is 2.01. The molecule has 0 aromatic carbocycles. The Hall–Kier alpha value is -2.22. The number of ether oxygens (including phenoxy) is 1. The van der Waals surface area contributed by atoms with Gasteiger partial charge in [0.15, 0.2) is 11.6 Å². The second-order valence-electron chi connectivity index (χ2n) is 6.24. The predicted molar refractivity (Wildman–Crippen MR) is 87.8 cm³/mol. The van der Waals surface area contributed by atoms with Gasteiger partial charge in [-0.05, 0) is 18.9 Å². The normalized spacial score (nSPS) is 22.0. The molecule has 4 heterocycles. The van der Waals surface area contributed by atoms with E-state index >= 15 is 0 Å². The zero-order chi connectivity index (χ0) is 16.4. The lowest BCUT2D eigenvalue weighted by Gasteiger charge is -2.33. The number of aromatic amines is 1. The van der Waals surface area contributed by atoms with E-state index in [0.29, 0.717) is 44.0 Å². The van der Waals surface area contributed by atoms with Crippen LogP contribution < -0.4 is 9.80 Å². The number of hydrogen-bond donors (Lipinski definition) is 1. The quantitative estimate of drug-likeness (QED) is 0.920. The minimum Gasteiger partial charge on any atom is -0.378 e. The third-order valence-electron chi connectivity index (χ3n) is 4.69. The van der Waals surface area contributed by atoms with Crippen molar-refractivity contribution in [1.29, 1.82) is 0 Å². The van der Waals surface area contributed by atoms with Crippen molar-refractivity contribution >= 4 is 11.8 Å². The zero-order valence-electron chi connectivity index (χ0n) is 13.5. The largest absolute Gasteiger partial charge is 0.378 e. The van der Waals surface area contributed by atoms with Crippen LogP contribution in [0, 0.1) is 5.82 Å². The molecule has 0 amide bonds. The molecule has 0 bridgehead atoms. The lowest BCUT2D eigenvalue weighted by molar-refractivity contribution is 0.122. The van der Waals surface area contributed by atoms with Crippen molar-refractivity contribution < 1.29 is 9.13 Å². The van der Waals surface area contributed by atoms with Crippen LogP contribution in [0.25, 0.3) is 0 Å². The van der Waals surface area contributed by atoms with Crippen LogP contribution in [0.15, 0.2) is 18.5 Å². The van der Waals surface area contributed by atoms with E-state index in [0.717, 1.165) is 31.6 Å². The number of nitrogens with one attached hydrogen (secondary N) is 1. The smallest absolute Gasteiger partial charge is 0.227 e. The van der Waals surface area contributed by atoms with Crippen LogP contribution in [0.3, 0.4) is 0 Å². The number of rotatable bonds is 3. The fourth-order valence-corrected chi connectivity index (χ4v) is 3.41. The number of H-pyrrole nitrogens is 1. The van der Waals surface area contributed by atoms with Gasteiger partial charge in [-0.3, -0.25) is 5.10 Å². The van der Waals surface area contributed by atoms with E-state index in [1.807, 2.05) is 11.0 Å². The molecule has 0 aliphatic carbocycles. The standard InChI is InChI=1S/C16H21FN6O/c17-13-10-18-16(20-15(13)22-6-8-24-9-7-22)23-5-1-2-12(11-23)14-3-4-19-21-14/h3-4,10,12H,1-2,5-9,11H2,(H,19,21)/t12-/m1/s1. The van der Waals surface area contributed by atoms with Crippen LogP contribution >= 0.6 is 0 Å². The Morgan fingerprint density at radius 2 is 2.08 bits per heavy atom. The molecule has 4 rings (SSSR count). The van der Waals surface area contributed by atoms with Gasteiger partial charge in [-0.1, -0.05) is 0 Å². The Morgan fingerprint density at radius 1 is 1.21 bits per heavy atom. The van der Waals surface area contributed by atoms with Gasteiger partial charge < -0.3 is 14.5 Å². The summed E-state index contributed by atoms with van der Waals surface area (Å²) in [6.07, 6.45) is 5.22. The molecule has 0 unspecified atom stereocenters. The summed E-state index contributed by atoms with van der Waals surface area (Å²) >= 11 is 0. The Bertz CT molecular complexity index is 673. The Morgan fingerprint density at radius 3 is 2.88 bits per heavy atom. The fraction of sp³-hybridized carbons (Fsp3) is 0.562. The summed E-state index contributed by atoms with van der Waals surface area (Å²) < 4.78 is 19.5. The molecular formula is C16H21FN6O. The second kappa shape index (κ2) is 6.72. The highest BCUT2D eigenvalue weighted by Crippen LogP contribution is 2.28. The number of morpholine rings is 1. The summed E-state index contributed by atoms with van der Waals surface area (Å²) in [5.74, 6) is 0.985. The van der Waals surface area contributed by atoms with E-state index in [-0.39, 0.29) is 5.82 Å². The molecule has 1 N–H and O–H groups in total. The van der Waals surface area contributed by atoms with Crippen molar-refractivity contribution in [1.82, 2.24) is 20.2 Å². The number of aromatic nitrogens is 4. The highest BCUT2D eigenvalue weighted by molar-refractivity contribution is 5.46. The first-order valence-corrected chi connectivity index (χ1v) is 8.41. The average molecular weight is 332 g/mol. The molecule has 128 valence electrons. The van der Waals surface area contributed by atoms with Gasteiger partial charge >= 0.3 is 0 Å². The van der Waals surface area contributed by atoms with E-state index in [4.69, 9.17) is 4.74 Å². The molecule has 2 aliphatic heterocycles. The topological polar surface area (TPSA) is 70.2 Å². The van der Waals surface area contributed by atoms with Gasteiger partial charge in [0.05, 0.1) is 19.4 Å². The molecule has 8 heteroatoms. The molecule has 24 heavy (non-hydrogen) atoms. The summed E-state index contributed by atoms with van der Waals surface area (Å²) in [6.45, 7) is 4.22. The van der Waals surface area contributed by atoms with Crippen LogP contribution in [0.5, 0.6) is 0 Å². The van der Waals surface area contributed by atoms with Crippen molar-refractivity contribution in [3.63, 3.8) is 0 Å². The first kappa shape index (κ1) is 15.3. The Balaban J connectivity index is 1.55. The van der Waals surface area contributed by atoms with Gasteiger partial charge in [-0.2, -0.15) is 10.1 Å². The van der Waals surface area contributed by atoms with Crippen LogP contribution in [-0.4, -0.2) is 59.6 Å². The monoisotopic (exact) mass is 332 g/mol. The number of anilines is 2. The van der Waals surface area contributed by atoms with E-state index in [2.05, 4.69) is 25.1 Å². The fourth-order valence-electron chi connectivity index (χ4n) is 3.41. The zero-order valence-corrected chi connectivity index (χ0v) is 13.5. The van der Waals surface area contributed by atoms with Gasteiger partial charge in [0.1, 0.15) is 0 Å². The van der Waals surface area contributed by atoms with E-state index in [1.54, 1.807) is 6.20 Å². The lowest BCUT2D eigenvalue weighted by atomic mass is 9.95. The van der Waals surface area contributed by atoms with Gasteiger partial charge in [0.2, 0.25) is 5.95 Å². The molecule has 2 fully saturated rings. The molecule has 0 spiro atoms. The molecule has 2 aliphatic rings. The molecule has 2 aromatic rings. The van der Waals surface area contributed by atoms with Crippen molar-refractivity contribution in [3.8, 4) is 0 Å². The van der Waals surface area contributed by atoms with Gasteiger partial charge in [0, 0.05) is 44.0 Å². The third-order valence-corrected chi connectivity index (χ3v) is 4.69. The maximum Gasteiger partial charge on any atom is 0.227 e. The van der Waals surface area contributed by atoms with Gasteiger partial charge in [-0.15, -0.1) is 0 Å². The van der Waals surface area contributed by atoms with Gasteiger partial charge in [0.25, 0.3) is 0 Å². The molecule has 1 atom stereocenters. The Labute approximate surface area is 139 Å². The summed E-state index contributed by atoms with van der Waals surface area (Å²) in [4.78, 5) is 12.8. The second-order valence-corrected chi connectivity index (χ2v) is 6.24. The van der Waals surface area contributed by atoms with E-state index in [1.165, 1.54) is 6.20 Å². The lowest BCUT2D eigenvalue weighted by Crippen LogP contribution is -2.39. The van der Waals surface area contributed by atoms with Gasteiger partial charge in [-0.25, -0.2) is 9.37 Å². The first-order valence-electron chi connectivity index (χ1n) is 8.41. The Kier molecular flexibility index (Phi) is 4.29. The minimum absolute atomic E-state index is 0.372. The van der Waals surface area contributed by atoms with E-state index < -0.39 is 0 Å². The van der Waals surface area contributed by atoms with Crippen molar-refractivity contribution in [2.24, 2.45) is 0 Å². The average Bonchev–Trinajstić information content (AvgIpc) is 3.18. The van der Waals surface area contributed by atoms with Crippen LogP contribution in [0.1, 0.15) is 24.5 Å². The maximum absolute atomic E-state index is 14.2. The number of hydrogen-bond acceptors (Lipinski definition) is 6.